The summed E-state index contributed by atoms with van der Waals surface area (Å²) in [6, 6.07) is 4.81. The van der Waals surface area contributed by atoms with E-state index in [1.54, 1.807) is 17.0 Å². The van der Waals surface area contributed by atoms with Crippen molar-refractivity contribution in [2.45, 2.75) is 13.8 Å². The normalized spacial score (nSPS) is 10.6. The number of halogens is 1. The van der Waals surface area contributed by atoms with Crippen molar-refractivity contribution in [1.82, 2.24) is 4.90 Å². The van der Waals surface area contributed by atoms with Gasteiger partial charge in [0.15, 0.2) is 0 Å². The fraction of sp³-hybridized carbons (Fsp3) is 0.533. The monoisotopic (exact) mass is 359 g/mol. The Morgan fingerprint density at radius 2 is 1.76 bits per heavy atom. The molecule has 0 aliphatic heterocycles. The third-order valence-corrected chi connectivity index (χ3v) is 3.39. The fourth-order valence-corrected chi connectivity index (χ4v) is 2.16. The highest BCUT2D eigenvalue weighted by Crippen LogP contribution is 2.23. The minimum atomic E-state index is -0.229. The van der Waals surface area contributed by atoms with Gasteiger partial charge in [0, 0.05) is 30.8 Å². The summed E-state index contributed by atoms with van der Waals surface area (Å²) >= 11 is 3.31. The Morgan fingerprint density at radius 3 is 2.29 bits per heavy atom. The molecule has 0 aliphatic carbocycles. The Bertz CT molecular complexity index is 443. The number of phenols is 1. The summed E-state index contributed by atoms with van der Waals surface area (Å²) in [6.07, 6.45) is 0. The maximum atomic E-state index is 12.5. The average Bonchev–Trinajstić information content (AvgIpc) is 2.48. The van der Waals surface area contributed by atoms with Crippen LogP contribution in [-0.2, 0) is 9.47 Å². The third kappa shape index (κ3) is 6.03. The van der Waals surface area contributed by atoms with Gasteiger partial charge in [0.25, 0.3) is 5.91 Å². The van der Waals surface area contributed by atoms with Crippen LogP contribution in [0.3, 0.4) is 0 Å². The van der Waals surface area contributed by atoms with Crippen LogP contribution in [0.25, 0.3) is 0 Å². The predicted molar refractivity (Wildman–Crippen MR) is 84.7 cm³/mol. The van der Waals surface area contributed by atoms with Crippen molar-refractivity contribution >= 4 is 21.8 Å². The molecule has 0 radical (unpaired) electrons. The summed E-state index contributed by atoms with van der Waals surface area (Å²) in [6.45, 7) is 6.88. The molecule has 1 amide bonds. The molecule has 21 heavy (non-hydrogen) atoms. The molecule has 0 saturated heterocycles. The first-order valence-electron chi connectivity index (χ1n) is 7.03. The number of carbonyl (C=O) groups excluding carboxylic acids is 1. The molecule has 0 aliphatic rings. The number of benzene rings is 1. The molecule has 0 spiro atoms. The summed E-state index contributed by atoms with van der Waals surface area (Å²) in [5.41, 5.74) is 0.275. The molecule has 118 valence electrons. The molecule has 0 unspecified atom stereocenters. The van der Waals surface area contributed by atoms with Crippen LogP contribution in [-0.4, -0.2) is 55.4 Å². The van der Waals surface area contributed by atoms with Crippen molar-refractivity contribution in [2.75, 3.05) is 39.5 Å². The van der Waals surface area contributed by atoms with Gasteiger partial charge in [-0.3, -0.25) is 4.79 Å². The van der Waals surface area contributed by atoms with E-state index in [1.165, 1.54) is 6.07 Å². The molecule has 0 saturated carbocycles. The summed E-state index contributed by atoms with van der Waals surface area (Å²) < 4.78 is 11.4. The zero-order valence-electron chi connectivity index (χ0n) is 12.5. The maximum absolute atomic E-state index is 12.5. The molecule has 0 atom stereocenters. The number of nitrogens with zero attached hydrogens (tertiary/aromatic N) is 1. The topological polar surface area (TPSA) is 59.0 Å². The van der Waals surface area contributed by atoms with E-state index in [0.717, 1.165) is 4.47 Å². The number of phenolic OH excluding ortho intramolecular Hbond substituents is 1. The Labute approximate surface area is 134 Å². The van der Waals surface area contributed by atoms with E-state index in [9.17, 15) is 9.90 Å². The van der Waals surface area contributed by atoms with Crippen molar-refractivity contribution in [3.05, 3.63) is 28.2 Å². The van der Waals surface area contributed by atoms with Crippen LogP contribution in [0.2, 0.25) is 0 Å². The van der Waals surface area contributed by atoms with E-state index in [0.29, 0.717) is 39.5 Å². The lowest BCUT2D eigenvalue weighted by atomic mass is 10.1. The van der Waals surface area contributed by atoms with Gasteiger partial charge in [0.1, 0.15) is 5.75 Å². The Balaban J connectivity index is 2.79. The third-order valence-electron chi connectivity index (χ3n) is 2.90. The highest BCUT2D eigenvalue weighted by Gasteiger charge is 2.19. The number of ether oxygens (including phenoxy) is 2. The average molecular weight is 360 g/mol. The van der Waals surface area contributed by atoms with Gasteiger partial charge in [-0.05, 0) is 32.0 Å². The molecule has 1 N–H and O–H groups in total. The van der Waals surface area contributed by atoms with Gasteiger partial charge in [-0.2, -0.15) is 0 Å². The number of rotatable bonds is 9. The Morgan fingerprint density at radius 1 is 1.19 bits per heavy atom. The Hall–Kier alpha value is -1.11. The van der Waals surface area contributed by atoms with E-state index in [4.69, 9.17) is 9.47 Å². The van der Waals surface area contributed by atoms with Crippen LogP contribution >= 0.6 is 15.9 Å². The fourth-order valence-electron chi connectivity index (χ4n) is 1.80. The SMILES string of the molecule is CCOCCN(CCOCC)C(=O)c1cc(Br)ccc1O. The second-order valence-electron chi connectivity index (χ2n) is 4.35. The van der Waals surface area contributed by atoms with Crippen LogP contribution in [0.5, 0.6) is 5.75 Å². The summed E-state index contributed by atoms with van der Waals surface area (Å²) in [5, 5.41) is 9.87. The molecule has 1 aromatic carbocycles. The number of hydrogen-bond acceptors (Lipinski definition) is 4. The quantitative estimate of drug-likeness (QED) is 0.688. The van der Waals surface area contributed by atoms with Crippen molar-refractivity contribution in [3.63, 3.8) is 0 Å². The molecule has 1 aromatic rings. The molecule has 1 rings (SSSR count). The standard InChI is InChI=1S/C15H22BrNO4/c1-3-20-9-7-17(8-10-21-4-2)15(19)13-11-12(16)5-6-14(13)18/h5-6,11,18H,3-4,7-10H2,1-2H3. The van der Waals surface area contributed by atoms with Crippen LogP contribution < -0.4 is 0 Å². The summed E-state index contributed by atoms with van der Waals surface area (Å²) in [7, 11) is 0. The molecular formula is C15H22BrNO4. The zero-order valence-corrected chi connectivity index (χ0v) is 14.1. The minimum absolute atomic E-state index is 0.0268. The lowest BCUT2D eigenvalue weighted by Gasteiger charge is -2.23. The number of carbonyl (C=O) groups is 1. The van der Waals surface area contributed by atoms with E-state index >= 15 is 0 Å². The van der Waals surface area contributed by atoms with E-state index in [1.807, 2.05) is 13.8 Å². The second-order valence-corrected chi connectivity index (χ2v) is 5.26. The van der Waals surface area contributed by atoms with Crippen LogP contribution in [0.1, 0.15) is 24.2 Å². The van der Waals surface area contributed by atoms with Gasteiger partial charge < -0.3 is 19.5 Å². The van der Waals surface area contributed by atoms with Gasteiger partial charge in [-0.1, -0.05) is 15.9 Å². The molecule has 0 fully saturated rings. The zero-order chi connectivity index (χ0) is 15.7. The van der Waals surface area contributed by atoms with Gasteiger partial charge in [0.05, 0.1) is 18.8 Å². The van der Waals surface area contributed by atoms with Crippen LogP contribution in [0.15, 0.2) is 22.7 Å². The van der Waals surface area contributed by atoms with Crippen molar-refractivity contribution in [2.24, 2.45) is 0 Å². The number of hydrogen-bond donors (Lipinski definition) is 1. The number of aromatic hydroxyl groups is 1. The van der Waals surface area contributed by atoms with Gasteiger partial charge in [0.2, 0.25) is 0 Å². The summed E-state index contributed by atoms with van der Waals surface area (Å²) in [5.74, 6) is -0.255. The van der Waals surface area contributed by atoms with Crippen LogP contribution in [0.4, 0.5) is 0 Å². The number of amides is 1. The molecular weight excluding hydrogens is 338 g/mol. The predicted octanol–water partition coefficient (Wildman–Crippen LogP) is 2.67. The summed E-state index contributed by atoms with van der Waals surface area (Å²) in [4.78, 5) is 14.2. The van der Waals surface area contributed by atoms with E-state index in [2.05, 4.69) is 15.9 Å². The minimum Gasteiger partial charge on any atom is -0.507 e. The molecule has 0 aromatic heterocycles. The van der Waals surface area contributed by atoms with Crippen molar-refractivity contribution in [1.29, 1.82) is 0 Å². The van der Waals surface area contributed by atoms with Gasteiger partial charge >= 0.3 is 0 Å². The Kier molecular flexibility index (Phi) is 8.34. The molecule has 5 nitrogen and oxygen atoms in total. The second kappa shape index (κ2) is 9.76. The van der Waals surface area contributed by atoms with Gasteiger partial charge in [-0.15, -0.1) is 0 Å². The van der Waals surface area contributed by atoms with Crippen molar-refractivity contribution in [3.8, 4) is 5.75 Å². The highest BCUT2D eigenvalue weighted by atomic mass is 79.9. The first-order chi connectivity index (χ1) is 10.1. The van der Waals surface area contributed by atoms with Gasteiger partial charge in [-0.25, -0.2) is 0 Å². The molecule has 0 bridgehead atoms. The first kappa shape index (κ1) is 17.9. The van der Waals surface area contributed by atoms with E-state index in [-0.39, 0.29) is 17.2 Å². The first-order valence-corrected chi connectivity index (χ1v) is 7.82. The lowest BCUT2D eigenvalue weighted by Crippen LogP contribution is -2.36. The largest absolute Gasteiger partial charge is 0.507 e. The highest BCUT2D eigenvalue weighted by molar-refractivity contribution is 9.10. The smallest absolute Gasteiger partial charge is 0.257 e. The van der Waals surface area contributed by atoms with Crippen molar-refractivity contribution < 1.29 is 19.4 Å². The maximum Gasteiger partial charge on any atom is 0.257 e. The molecule has 6 heteroatoms. The van der Waals surface area contributed by atoms with Crippen LogP contribution in [0, 0.1) is 0 Å². The molecule has 0 heterocycles. The lowest BCUT2D eigenvalue weighted by molar-refractivity contribution is 0.0547. The van der Waals surface area contributed by atoms with E-state index < -0.39 is 0 Å².